The quantitative estimate of drug-likeness (QED) is 0.838. The van der Waals surface area contributed by atoms with E-state index >= 15 is 0 Å². The number of Topliss-reactive ketones (excluding diaryl/α,β-unsaturated/α-hetero) is 1. The van der Waals surface area contributed by atoms with E-state index in [-0.39, 0.29) is 31.5 Å². The van der Waals surface area contributed by atoms with Crippen LogP contribution in [0.25, 0.3) is 0 Å². The Morgan fingerprint density at radius 3 is 2.35 bits per heavy atom. The summed E-state index contributed by atoms with van der Waals surface area (Å²) in [6.07, 6.45) is -0.156. The molecule has 0 heterocycles. The van der Waals surface area contributed by atoms with Gasteiger partial charge in [0.25, 0.3) is 0 Å². The summed E-state index contributed by atoms with van der Waals surface area (Å²) in [5, 5.41) is 9.23. The Kier molecular flexibility index (Phi) is 4.17. The summed E-state index contributed by atoms with van der Waals surface area (Å²) >= 11 is 0. The van der Waals surface area contributed by atoms with E-state index in [9.17, 15) is 18.8 Å². The molecule has 0 bridgehead atoms. The maximum Gasteiger partial charge on any atom is 0.248 e. The van der Waals surface area contributed by atoms with Gasteiger partial charge in [-0.25, -0.2) is 8.78 Å². The highest BCUT2D eigenvalue weighted by atomic mass is 19.3. The van der Waals surface area contributed by atoms with Gasteiger partial charge in [-0.1, -0.05) is 29.8 Å². The number of aryl methyl sites for hydroxylation is 1. The molecule has 2 nitrogen and oxygen atoms in total. The van der Waals surface area contributed by atoms with Crippen LogP contribution in [-0.4, -0.2) is 11.7 Å². The molecule has 106 valence electrons. The van der Waals surface area contributed by atoms with Crippen molar-refractivity contribution < 1.29 is 13.6 Å². The van der Waals surface area contributed by atoms with Crippen molar-refractivity contribution in [2.75, 3.05) is 0 Å². The Morgan fingerprint density at radius 2 is 1.85 bits per heavy atom. The number of ketones is 1. The first-order valence-corrected chi connectivity index (χ1v) is 6.81. The monoisotopic (exact) mass is 277 g/mol. The van der Waals surface area contributed by atoms with Crippen LogP contribution in [0.2, 0.25) is 0 Å². The van der Waals surface area contributed by atoms with Crippen molar-refractivity contribution in [1.29, 1.82) is 5.26 Å². The number of benzene rings is 1. The summed E-state index contributed by atoms with van der Waals surface area (Å²) in [4.78, 5) is 12.4. The van der Waals surface area contributed by atoms with E-state index in [1.54, 1.807) is 12.1 Å². The second kappa shape index (κ2) is 5.70. The van der Waals surface area contributed by atoms with Crippen LogP contribution < -0.4 is 0 Å². The highest BCUT2D eigenvalue weighted by Gasteiger charge is 2.39. The van der Waals surface area contributed by atoms with E-state index in [0.29, 0.717) is 5.56 Å². The number of hydrogen-bond donors (Lipinski definition) is 0. The largest absolute Gasteiger partial charge is 0.298 e. The van der Waals surface area contributed by atoms with Crippen LogP contribution in [0, 0.1) is 24.2 Å². The summed E-state index contributed by atoms with van der Waals surface area (Å²) in [7, 11) is 0. The second-order valence-corrected chi connectivity index (χ2v) is 5.51. The molecular formula is C16H17F2NO. The lowest BCUT2D eigenvalue weighted by Gasteiger charge is -2.28. The van der Waals surface area contributed by atoms with Gasteiger partial charge in [0.05, 0.1) is 6.07 Å². The summed E-state index contributed by atoms with van der Waals surface area (Å²) in [6, 6.07) is 9.24. The number of halogens is 2. The molecule has 0 aliphatic heterocycles. The third-order valence-electron chi connectivity index (χ3n) is 3.94. The first-order chi connectivity index (χ1) is 9.43. The van der Waals surface area contributed by atoms with Crippen LogP contribution in [0.3, 0.4) is 0 Å². The molecule has 1 unspecified atom stereocenters. The van der Waals surface area contributed by atoms with Gasteiger partial charge in [-0.15, -0.1) is 0 Å². The second-order valence-electron chi connectivity index (χ2n) is 5.51. The molecule has 0 saturated heterocycles. The van der Waals surface area contributed by atoms with Gasteiger partial charge in [0.15, 0.2) is 5.78 Å². The van der Waals surface area contributed by atoms with E-state index in [1.165, 1.54) is 0 Å². The van der Waals surface area contributed by atoms with Gasteiger partial charge in [0.2, 0.25) is 5.92 Å². The van der Waals surface area contributed by atoms with Crippen molar-refractivity contribution in [3.05, 3.63) is 35.4 Å². The molecular weight excluding hydrogens is 260 g/mol. The summed E-state index contributed by atoms with van der Waals surface area (Å²) in [5.41, 5.74) is 1.70. The maximum atomic E-state index is 13.1. The summed E-state index contributed by atoms with van der Waals surface area (Å²) in [6.45, 7) is 1.93. The molecule has 2 rings (SSSR count). The Labute approximate surface area is 117 Å². The van der Waals surface area contributed by atoms with Crippen molar-refractivity contribution in [2.24, 2.45) is 5.92 Å². The smallest absolute Gasteiger partial charge is 0.248 e. The van der Waals surface area contributed by atoms with Crippen LogP contribution in [0.15, 0.2) is 24.3 Å². The standard InChI is InChI=1S/C16H17F2NO/c1-11-2-4-12(5-3-11)14(10-19)15(20)13-6-8-16(17,18)9-7-13/h2-5,13-14H,6-9H2,1H3. The third kappa shape index (κ3) is 3.22. The van der Waals surface area contributed by atoms with Crippen molar-refractivity contribution >= 4 is 5.78 Å². The fourth-order valence-corrected chi connectivity index (χ4v) is 2.62. The van der Waals surface area contributed by atoms with E-state index in [4.69, 9.17) is 0 Å². The van der Waals surface area contributed by atoms with E-state index < -0.39 is 17.8 Å². The topological polar surface area (TPSA) is 40.9 Å². The minimum atomic E-state index is -2.65. The number of nitriles is 1. The molecule has 1 aliphatic rings. The van der Waals surface area contributed by atoms with Crippen LogP contribution in [0.4, 0.5) is 8.78 Å². The molecule has 0 radical (unpaired) electrons. The van der Waals surface area contributed by atoms with E-state index in [0.717, 1.165) is 5.56 Å². The molecule has 1 atom stereocenters. The highest BCUT2D eigenvalue weighted by Crippen LogP contribution is 2.38. The number of carbonyl (C=O) groups is 1. The van der Waals surface area contributed by atoms with Crippen LogP contribution in [0.1, 0.15) is 42.7 Å². The molecule has 1 aliphatic carbocycles. The van der Waals surface area contributed by atoms with Crippen molar-refractivity contribution in [3.63, 3.8) is 0 Å². The maximum absolute atomic E-state index is 13.1. The van der Waals surface area contributed by atoms with Crippen molar-refractivity contribution in [2.45, 2.75) is 44.4 Å². The summed E-state index contributed by atoms with van der Waals surface area (Å²) in [5.74, 6) is -4.12. The van der Waals surface area contributed by atoms with Gasteiger partial charge in [-0.05, 0) is 25.3 Å². The molecule has 1 saturated carbocycles. The number of carbonyl (C=O) groups excluding carboxylic acids is 1. The number of rotatable bonds is 3. The molecule has 0 spiro atoms. The average molecular weight is 277 g/mol. The normalized spacial score (nSPS) is 20.1. The Bertz CT molecular complexity index is 520. The van der Waals surface area contributed by atoms with Crippen LogP contribution >= 0.6 is 0 Å². The molecule has 0 N–H and O–H groups in total. The minimum Gasteiger partial charge on any atom is -0.298 e. The predicted molar refractivity (Wildman–Crippen MR) is 71.4 cm³/mol. The van der Waals surface area contributed by atoms with Gasteiger partial charge in [0.1, 0.15) is 5.92 Å². The zero-order valence-corrected chi connectivity index (χ0v) is 11.4. The fraction of sp³-hybridized carbons (Fsp3) is 0.500. The van der Waals surface area contributed by atoms with Gasteiger partial charge in [-0.3, -0.25) is 4.79 Å². The number of alkyl halides is 2. The molecule has 0 aromatic heterocycles. The van der Waals surface area contributed by atoms with Crippen LogP contribution in [-0.2, 0) is 4.79 Å². The van der Waals surface area contributed by atoms with E-state index in [2.05, 4.69) is 0 Å². The first-order valence-electron chi connectivity index (χ1n) is 6.81. The van der Waals surface area contributed by atoms with Gasteiger partial charge < -0.3 is 0 Å². The lowest BCUT2D eigenvalue weighted by molar-refractivity contribution is -0.127. The minimum absolute atomic E-state index is 0.176. The van der Waals surface area contributed by atoms with Gasteiger partial charge in [0, 0.05) is 18.8 Å². The van der Waals surface area contributed by atoms with E-state index in [1.807, 2.05) is 25.1 Å². The lowest BCUT2D eigenvalue weighted by Crippen LogP contribution is -2.31. The average Bonchev–Trinajstić information content (AvgIpc) is 2.41. The van der Waals surface area contributed by atoms with Crippen molar-refractivity contribution in [1.82, 2.24) is 0 Å². The Hall–Kier alpha value is -1.76. The van der Waals surface area contributed by atoms with Crippen LogP contribution in [0.5, 0.6) is 0 Å². The predicted octanol–water partition coefficient (Wildman–Crippen LogP) is 4.00. The molecule has 1 aromatic rings. The molecule has 0 amide bonds. The lowest BCUT2D eigenvalue weighted by atomic mass is 9.78. The molecule has 1 aromatic carbocycles. The molecule has 20 heavy (non-hydrogen) atoms. The van der Waals surface area contributed by atoms with Gasteiger partial charge in [-0.2, -0.15) is 5.26 Å². The zero-order chi connectivity index (χ0) is 14.8. The highest BCUT2D eigenvalue weighted by molar-refractivity contribution is 5.90. The molecule has 4 heteroatoms. The number of nitrogens with zero attached hydrogens (tertiary/aromatic N) is 1. The number of hydrogen-bond acceptors (Lipinski definition) is 2. The third-order valence-corrected chi connectivity index (χ3v) is 3.94. The zero-order valence-electron chi connectivity index (χ0n) is 11.4. The SMILES string of the molecule is Cc1ccc(C(C#N)C(=O)C2CCC(F)(F)CC2)cc1. The molecule has 1 fully saturated rings. The summed E-state index contributed by atoms with van der Waals surface area (Å²) < 4.78 is 26.2. The fourth-order valence-electron chi connectivity index (χ4n) is 2.62. The van der Waals surface area contributed by atoms with Gasteiger partial charge >= 0.3 is 0 Å². The first kappa shape index (κ1) is 14.6. The van der Waals surface area contributed by atoms with Crippen molar-refractivity contribution in [3.8, 4) is 6.07 Å². The Morgan fingerprint density at radius 1 is 1.30 bits per heavy atom. The Balaban J connectivity index is 2.11.